The van der Waals surface area contributed by atoms with Gasteiger partial charge in [0.05, 0.1) is 16.8 Å². The zero-order chi connectivity index (χ0) is 14.2. The van der Waals surface area contributed by atoms with Gasteiger partial charge in [-0.05, 0) is 25.1 Å². The number of nitrogens with zero attached hydrogens (tertiary/aromatic N) is 3. The maximum Gasteiger partial charge on any atom is 0.416 e. The van der Waals surface area contributed by atoms with Crippen LogP contribution in [0.4, 0.5) is 19.0 Å². The van der Waals surface area contributed by atoms with E-state index < -0.39 is 11.7 Å². The summed E-state index contributed by atoms with van der Waals surface area (Å²) < 4.78 is 39.0. The number of anilines is 1. The molecule has 0 aliphatic carbocycles. The van der Waals surface area contributed by atoms with Crippen molar-refractivity contribution < 1.29 is 13.2 Å². The molecule has 0 aliphatic heterocycles. The second kappa shape index (κ2) is 4.31. The molecule has 1 heterocycles. The lowest BCUT2D eigenvalue weighted by molar-refractivity contribution is -0.137. The van der Waals surface area contributed by atoms with E-state index in [1.165, 1.54) is 10.7 Å². The molecule has 0 unspecified atom stereocenters. The molecule has 0 aliphatic rings. The Bertz CT molecular complexity index is 645. The van der Waals surface area contributed by atoms with E-state index in [2.05, 4.69) is 5.10 Å². The zero-order valence-electron chi connectivity index (χ0n) is 9.86. The van der Waals surface area contributed by atoms with Crippen molar-refractivity contribution in [2.75, 3.05) is 5.73 Å². The number of benzene rings is 1. The summed E-state index contributed by atoms with van der Waals surface area (Å²) in [6, 6.07) is 4.64. The Hall–Kier alpha value is -2.49. The van der Waals surface area contributed by atoms with Crippen molar-refractivity contribution in [1.29, 1.82) is 5.26 Å². The summed E-state index contributed by atoms with van der Waals surface area (Å²) in [7, 11) is 0. The fourth-order valence-corrected chi connectivity index (χ4v) is 1.60. The Morgan fingerprint density at radius 2 is 2.05 bits per heavy atom. The van der Waals surface area contributed by atoms with E-state index in [0.717, 1.165) is 12.1 Å². The van der Waals surface area contributed by atoms with E-state index in [-0.39, 0.29) is 17.1 Å². The Labute approximate surface area is 106 Å². The SMILES string of the molecule is Cc1cn(-c2ccc(C(F)(F)F)cc2C#N)nc1N. The Morgan fingerprint density at radius 1 is 1.37 bits per heavy atom. The van der Waals surface area contributed by atoms with Crippen LogP contribution < -0.4 is 5.73 Å². The predicted octanol–water partition coefficient (Wildman–Crippen LogP) is 2.65. The molecule has 2 N–H and O–H groups in total. The second-order valence-electron chi connectivity index (χ2n) is 3.98. The van der Waals surface area contributed by atoms with Crippen molar-refractivity contribution in [2.45, 2.75) is 13.1 Å². The number of hydrogen-bond donors (Lipinski definition) is 1. The van der Waals surface area contributed by atoms with E-state index in [1.807, 2.05) is 0 Å². The maximum absolute atomic E-state index is 12.6. The van der Waals surface area contributed by atoms with Crippen LogP contribution in [0.15, 0.2) is 24.4 Å². The number of halogens is 3. The summed E-state index contributed by atoms with van der Waals surface area (Å²) in [5.41, 5.74) is 5.53. The molecule has 2 rings (SSSR count). The normalized spacial score (nSPS) is 11.3. The van der Waals surface area contributed by atoms with Gasteiger partial charge in [0.25, 0.3) is 0 Å². The predicted molar refractivity (Wildman–Crippen MR) is 62.4 cm³/mol. The van der Waals surface area contributed by atoms with Crippen LogP contribution >= 0.6 is 0 Å². The van der Waals surface area contributed by atoms with Crippen molar-refractivity contribution in [2.24, 2.45) is 0 Å². The van der Waals surface area contributed by atoms with Crippen molar-refractivity contribution in [3.63, 3.8) is 0 Å². The van der Waals surface area contributed by atoms with Crippen molar-refractivity contribution in [1.82, 2.24) is 9.78 Å². The van der Waals surface area contributed by atoms with Crippen LogP contribution in [0.1, 0.15) is 16.7 Å². The standard InChI is InChI=1S/C12H9F3N4/c1-7-6-19(18-11(7)17)10-3-2-9(12(13,14)15)4-8(10)5-16/h2-4,6H,1H3,(H2,17,18). The molecule has 0 bridgehead atoms. The van der Waals surface area contributed by atoms with Crippen LogP contribution in [0.3, 0.4) is 0 Å². The minimum atomic E-state index is -4.48. The quantitative estimate of drug-likeness (QED) is 0.862. The third kappa shape index (κ3) is 2.38. The molecule has 2 aromatic rings. The van der Waals surface area contributed by atoms with Gasteiger partial charge in [0.15, 0.2) is 0 Å². The van der Waals surface area contributed by atoms with Crippen LogP contribution in [-0.4, -0.2) is 9.78 Å². The van der Waals surface area contributed by atoms with E-state index in [9.17, 15) is 13.2 Å². The average Bonchev–Trinajstić information content (AvgIpc) is 2.67. The highest BCUT2D eigenvalue weighted by molar-refractivity contribution is 5.52. The molecule has 4 nitrogen and oxygen atoms in total. The van der Waals surface area contributed by atoms with Gasteiger partial charge in [0, 0.05) is 11.8 Å². The van der Waals surface area contributed by atoms with Crippen molar-refractivity contribution >= 4 is 5.82 Å². The Morgan fingerprint density at radius 3 is 2.53 bits per heavy atom. The summed E-state index contributed by atoms with van der Waals surface area (Å²) in [6.07, 6.45) is -2.93. The first-order valence-corrected chi connectivity index (χ1v) is 5.26. The molecular formula is C12H9F3N4. The molecule has 0 saturated carbocycles. The molecule has 0 atom stereocenters. The molecule has 98 valence electrons. The number of rotatable bonds is 1. The molecule has 0 radical (unpaired) electrons. The molecule has 0 fully saturated rings. The van der Waals surface area contributed by atoms with Gasteiger partial charge in [-0.15, -0.1) is 0 Å². The van der Waals surface area contributed by atoms with Gasteiger partial charge in [-0.25, -0.2) is 4.68 Å². The lowest BCUT2D eigenvalue weighted by Gasteiger charge is -2.09. The van der Waals surface area contributed by atoms with Gasteiger partial charge in [0.2, 0.25) is 0 Å². The highest BCUT2D eigenvalue weighted by Gasteiger charge is 2.31. The highest BCUT2D eigenvalue weighted by Crippen LogP contribution is 2.31. The summed E-state index contributed by atoms with van der Waals surface area (Å²) in [6.45, 7) is 1.72. The van der Waals surface area contributed by atoms with Gasteiger partial charge in [-0.2, -0.15) is 23.5 Å². The molecule has 0 amide bonds. The van der Waals surface area contributed by atoms with E-state index >= 15 is 0 Å². The number of hydrogen-bond acceptors (Lipinski definition) is 3. The van der Waals surface area contributed by atoms with Gasteiger partial charge in [-0.1, -0.05) is 0 Å². The van der Waals surface area contributed by atoms with E-state index in [1.54, 1.807) is 19.2 Å². The molecular weight excluding hydrogens is 257 g/mol. The summed E-state index contributed by atoms with van der Waals surface area (Å²) in [4.78, 5) is 0. The second-order valence-corrected chi connectivity index (χ2v) is 3.98. The van der Waals surface area contributed by atoms with Gasteiger partial charge >= 0.3 is 6.18 Å². The summed E-state index contributed by atoms with van der Waals surface area (Å²) in [5.74, 6) is 0.267. The highest BCUT2D eigenvalue weighted by atomic mass is 19.4. The van der Waals surface area contributed by atoms with Gasteiger partial charge < -0.3 is 5.73 Å². The number of alkyl halides is 3. The lowest BCUT2D eigenvalue weighted by Crippen LogP contribution is -2.07. The fraction of sp³-hybridized carbons (Fsp3) is 0.167. The van der Waals surface area contributed by atoms with Crippen LogP contribution in [0.5, 0.6) is 0 Å². The molecule has 0 spiro atoms. The third-order valence-corrected chi connectivity index (χ3v) is 2.63. The first-order valence-electron chi connectivity index (χ1n) is 5.26. The minimum absolute atomic E-state index is 0.114. The molecule has 0 saturated heterocycles. The minimum Gasteiger partial charge on any atom is -0.382 e. The topological polar surface area (TPSA) is 67.6 Å². The van der Waals surface area contributed by atoms with Crippen LogP contribution in [0, 0.1) is 18.3 Å². The first-order chi connectivity index (χ1) is 8.82. The van der Waals surface area contributed by atoms with Crippen molar-refractivity contribution in [3.8, 4) is 11.8 Å². The van der Waals surface area contributed by atoms with Crippen LogP contribution in [0.2, 0.25) is 0 Å². The van der Waals surface area contributed by atoms with Crippen LogP contribution in [0.25, 0.3) is 5.69 Å². The zero-order valence-corrected chi connectivity index (χ0v) is 9.86. The van der Waals surface area contributed by atoms with Gasteiger partial charge in [0.1, 0.15) is 11.9 Å². The number of nitrogens with two attached hydrogens (primary N) is 1. The third-order valence-electron chi connectivity index (χ3n) is 2.63. The van der Waals surface area contributed by atoms with E-state index in [0.29, 0.717) is 5.56 Å². The molecule has 1 aromatic carbocycles. The van der Waals surface area contributed by atoms with E-state index in [4.69, 9.17) is 11.0 Å². The first kappa shape index (κ1) is 13.0. The smallest absolute Gasteiger partial charge is 0.382 e. The maximum atomic E-state index is 12.6. The fourth-order valence-electron chi connectivity index (χ4n) is 1.60. The Balaban J connectivity index is 2.57. The summed E-state index contributed by atoms with van der Waals surface area (Å²) in [5, 5.41) is 12.9. The molecule has 7 heteroatoms. The largest absolute Gasteiger partial charge is 0.416 e. The number of nitrogen functional groups attached to an aromatic ring is 1. The average molecular weight is 266 g/mol. The Kier molecular flexibility index (Phi) is 2.94. The molecule has 19 heavy (non-hydrogen) atoms. The number of aromatic nitrogens is 2. The van der Waals surface area contributed by atoms with Crippen LogP contribution in [-0.2, 0) is 6.18 Å². The number of aryl methyl sites for hydroxylation is 1. The number of nitriles is 1. The van der Waals surface area contributed by atoms with Gasteiger partial charge in [-0.3, -0.25) is 0 Å². The molecule has 1 aromatic heterocycles. The van der Waals surface area contributed by atoms with Crippen molar-refractivity contribution in [3.05, 3.63) is 41.1 Å². The monoisotopic (exact) mass is 266 g/mol. The lowest BCUT2D eigenvalue weighted by atomic mass is 10.1. The summed E-state index contributed by atoms with van der Waals surface area (Å²) >= 11 is 0.